The first-order valence-electron chi connectivity index (χ1n) is 8.74. The molecule has 0 saturated heterocycles. The second-order valence-electron chi connectivity index (χ2n) is 6.41. The number of fused-ring (bicyclic) bond motifs is 1. The molecule has 1 aliphatic heterocycles. The monoisotopic (exact) mass is 409 g/mol. The van der Waals surface area contributed by atoms with E-state index in [0.717, 1.165) is 17.7 Å². The molecule has 1 N–H and O–H groups in total. The van der Waals surface area contributed by atoms with E-state index in [1.54, 1.807) is 18.2 Å². The SMILES string of the molecule is C[C@@H](OC(=O)Cc1cccc(C(F)(F)F)c1)C(=O)NCc1ccc2c(c1)OCO2. The highest BCUT2D eigenvalue weighted by atomic mass is 19.4. The van der Waals surface area contributed by atoms with Crippen LogP contribution in [0.1, 0.15) is 23.6 Å². The summed E-state index contributed by atoms with van der Waals surface area (Å²) in [5.74, 6) is -0.121. The molecule has 1 amide bonds. The number of nitrogens with one attached hydrogen (secondary N) is 1. The number of rotatable bonds is 6. The number of carbonyl (C=O) groups excluding carboxylic acids is 2. The molecule has 0 aliphatic carbocycles. The molecule has 154 valence electrons. The van der Waals surface area contributed by atoms with Crippen molar-refractivity contribution in [1.82, 2.24) is 5.32 Å². The zero-order chi connectivity index (χ0) is 21.0. The molecule has 2 aromatic rings. The molecular formula is C20H18F3NO5. The van der Waals surface area contributed by atoms with E-state index in [4.69, 9.17) is 14.2 Å². The number of benzene rings is 2. The highest BCUT2D eigenvalue weighted by molar-refractivity contribution is 5.83. The fourth-order valence-electron chi connectivity index (χ4n) is 2.70. The molecule has 1 heterocycles. The Labute approximate surface area is 164 Å². The number of ether oxygens (including phenoxy) is 3. The van der Waals surface area contributed by atoms with Gasteiger partial charge in [0, 0.05) is 6.54 Å². The molecule has 29 heavy (non-hydrogen) atoms. The average Bonchev–Trinajstić information content (AvgIpc) is 3.13. The standard InChI is InChI=1S/C20H18F3NO5/c1-12(19(26)24-10-14-5-6-16-17(8-14)28-11-27-16)29-18(25)9-13-3-2-4-15(7-13)20(21,22)23/h2-8,12H,9-11H2,1H3,(H,24,26)/t12-/m1/s1. The van der Waals surface area contributed by atoms with Gasteiger partial charge in [-0.25, -0.2) is 0 Å². The second kappa shape index (κ2) is 8.42. The number of hydrogen-bond acceptors (Lipinski definition) is 5. The molecule has 9 heteroatoms. The first-order chi connectivity index (χ1) is 13.7. The number of carbonyl (C=O) groups is 2. The lowest BCUT2D eigenvalue weighted by atomic mass is 10.1. The van der Waals surface area contributed by atoms with E-state index in [-0.39, 0.29) is 25.3 Å². The number of hydrogen-bond donors (Lipinski definition) is 1. The number of alkyl halides is 3. The molecular weight excluding hydrogens is 391 g/mol. The fourth-order valence-corrected chi connectivity index (χ4v) is 2.70. The van der Waals surface area contributed by atoms with Crippen LogP contribution >= 0.6 is 0 Å². The molecule has 2 aromatic carbocycles. The summed E-state index contributed by atoms with van der Waals surface area (Å²) >= 11 is 0. The maximum Gasteiger partial charge on any atom is 0.416 e. The molecule has 3 rings (SSSR count). The predicted octanol–water partition coefficient (Wildman–Crippen LogP) is 3.22. The van der Waals surface area contributed by atoms with Gasteiger partial charge in [0.05, 0.1) is 12.0 Å². The Kier molecular flexibility index (Phi) is 5.95. The summed E-state index contributed by atoms with van der Waals surface area (Å²) in [4.78, 5) is 24.1. The van der Waals surface area contributed by atoms with Gasteiger partial charge in [0.15, 0.2) is 17.6 Å². The third-order valence-electron chi connectivity index (χ3n) is 4.18. The summed E-state index contributed by atoms with van der Waals surface area (Å²) < 4.78 is 53.7. The van der Waals surface area contributed by atoms with Gasteiger partial charge in [-0.15, -0.1) is 0 Å². The smallest absolute Gasteiger partial charge is 0.416 e. The quantitative estimate of drug-likeness (QED) is 0.742. The molecule has 0 saturated carbocycles. The van der Waals surface area contributed by atoms with Gasteiger partial charge in [-0.1, -0.05) is 24.3 Å². The van der Waals surface area contributed by atoms with Crippen molar-refractivity contribution in [2.75, 3.05) is 6.79 Å². The van der Waals surface area contributed by atoms with Gasteiger partial charge in [-0.3, -0.25) is 9.59 Å². The van der Waals surface area contributed by atoms with Crippen LogP contribution in [-0.4, -0.2) is 24.8 Å². The van der Waals surface area contributed by atoms with Crippen molar-refractivity contribution < 1.29 is 37.0 Å². The van der Waals surface area contributed by atoms with Gasteiger partial charge in [0.2, 0.25) is 6.79 Å². The van der Waals surface area contributed by atoms with Gasteiger partial charge in [0.1, 0.15) is 0 Å². The summed E-state index contributed by atoms with van der Waals surface area (Å²) in [6, 6.07) is 9.62. The van der Waals surface area contributed by atoms with Gasteiger partial charge < -0.3 is 19.5 Å². The average molecular weight is 409 g/mol. The van der Waals surface area contributed by atoms with Crippen molar-refractivity contribution in [2.45, 2.75) is 32.2 Å². The van der Waals surface area contributed by atoms with Crippen LogP contribution in [0.5, 0.6) is 11.5 Å². The molecule has 0 fully saturated rings. The molecule has 0 bridgehead atoms. The van der Waals surface area contributed by atoms with Crippen molar-refractivity contribution >= 4 is 11.9 Å². The number of amides is 1. The van der Waals surface area contributed by atoms with Crippen LogP contribution in [0.25, 0.3) is 0 Å². The van der Waals surface area contributed by atoms with Crippen LogP contribution in [0, 0.1) is 0 Å². The normalized spacial score (nSPS) is 13.7. The maximum absolute atomic E-state index is 12.7. The summed E-state index contributed by atoms with van der Waals surface area (Å²) in [5, 5.41) is 2.63. The molecule has 6 nitrogen and oxygen atoms in total. The Hall–Kier alpha value is -3.23. The van der Waals surface area contributed by atoms with Crippen molar-refractivity contribution in [2.24, 2.45) is 0 Å². The molecule has 1 atom stereocenters. The summed E-state index contributed by atoms with van der Waals surface area (Å²) in [6.07, 6.45) is -5.96. The molecule has 0 unspecified atom stereocenters. The van der Waals surface area contributed by atoms with Gasteiger partial charge in [-0.2, -0.15) is 13.2 Å². The lowest BCUT2D eigenvalue weighted by Crippen LogP contribution is -2.35. The minimum atomic E-state index is -4.50. The maximum atomic E-state index is 12.7. The van der Waals surface area contributed by atoms with Crippen molar-refractivity contribution in [3.63, 3.8) is 0 Å². The van der Waals surface area contributed by atoms with Crippen LogP contribution in [0.3, 0.4) is 0 Å². The van der Waals surface area contributed by atoms with Crippen molar-refractivity contribution in [3.05, 3.63) is 59.2 Å². The van der Waals surface area contributed by atoms with E-state index in [1.807, 2.05) is 0 Å². The van der Waals surface area contributed by atoms with Crippen LogP contribution in [0.15, 0.2) is 42.5 Å². The Bertz CT molecular complexity index is 913. The first kappa shape index (κ1) is 20.5. The Morgan fingerprint density at radius 1 is 1.10 bits per heavy atom. The molecule has 0 spiro atoms. The zero-order valence-electron chi connectivity index (χ0n) is 15.4. The highest BCUT2D eigenvalue weighted by Crippen LogP contribution is 2.32. The lowest BCUT2D eigenvalue weighted by Gasteiger charge is -2.14. The van der Waals surface area contributed by atoms with Crippen molar-refractivity contribution in [1.29, 1.82) is 0 Å². The molecule has 1 aliphatic rings. The lowest BCUT2D eigenvalue weighted by molar-refractivity contribution is -0.154. The number of halogens is 3. The third kappa shape index (κ3) is 5.40. The van der Waals surface area contributed by atoms with Crippen molar-refractivity contribution in [3.8, 4) is 11.5 Å². The predicted molar refractivity (Wildman–Crippen MR) is 95.1 cm³/mol. The topological polar surface area (TPSA) is 73.9 Å². The molecule has 0 aromatic heterocycles. The zero-order valence-corrected chi connectivity index (χ0v) is 15.4. The van der Waals surface area contributed by atoms with Crippen LogP contribution in [-0.2, 0) is 33.5 Å². The van der Waals surface area contributed by atoms with E-state index < -0.39 is 29.7 Å². The third-order valence-corrected chi connectivity index (χ3v) is 4.18. The van der Waals surface area contributed by atoms with E-state index >= 15 is 0 Å². The Morgan fingerprint density at radius 2 is 1.86 bits per heavy atom. The van der Waals surface area contributed by atoms with Gasteiger partial charge in [-0.05, 0) is 36.2 Å². The van der Waals surface area contributed by atoms with Crippen LogP contribution in [0.2, 0.25) is 0 Å². The fraction of sp³-hybridized carbons (Fsp3) is 0.300. The Morgan fingerprint density at radius 3 is 2.62 bits per heavy atom. The van der Waals surface area contributed by atoms with E-state index in [9.17, 15) is 22.8 Å². The van der Waals surface area contributed by atoms with Crippen LogP contribution < -0.4 is 14.8 Å². The minimum absolute atomic E-state index is 0.143. The molecule has 0 radical (unpaired) electrons. The van der Waals surface area contributed by atoms with E-state index in [1.165, 1.54) is 19.1 Å². The Balaban J connectivity index is 1.49. The summed E-state index contributed by atoms with van der Waals surface area (Å²) in [5.41, 5.74) is 0.0696. The first-order valence-corrected chi connectivity index (χ1v) is 8.74. The van der Waals surface area contributed by atoms with Crippen LogP contribution in [0.4, 0.5) is 13.2 Å². The summed E-state index contributed by atoms with van der Waals surface area (Å²) in [7, 11) is 0. The van der Waals surface area contributed by atoms with Gasteiger partial charge in [0.25, 0.3) is 5.91 Å². The largest absolute Gasteiger partial charge is 0.454 e. The van der Waals surface area contributed by atoms with E-state index in [2.05, 4.69) is 5.32 Å². The number of esters is 1. The second-order valence-corrected chi connectivity index (χ2v) is 6.41. The van der Waals surface area contributed by atoms with Gasteiger partial charge >= 0.3 is 12.1 Å². The summed E-state index contributed by atoms with van der Waals surface area (Å²) in [6.45, 7) is 1.72. The minimum Gasteiger partial charge on any atom is -0.454 e. The van der Waals surface area contributed by atoms with E-state index in [0.29, 0.717) is 11.5 Å². The highest BCUT2D eigenvalue weighted by Gasteiger charge is 2.30.